The molecule has 1 amide bonds. The van der Waals surface area contributed by atoms with Crippen LogP contribution in [0, 0.1) is 6.92 Å². The Labute approximate surface area is 103 Å². The van der Waals surface area contributed by atoms with E-state index in [4.69, 9.17) is 0 Å². The van der Waals surface area contributed by atoms with E-state index in [0.717, 1.165) is 15.9 Å². The standard InChI is InChI=1S/C11H14BrN3O/c1-7-4-9(5-14-11(7)12)15-10(16)6-13-8-2-3-8/h4-5,8,13H,2-3,6H2,1H3,(H,15,16). The molecule has 1 aromatic rings. The Morgan fingerprint density at radius 1 is 1.62 bits per heavy atom. The zero-order valence-electron chi connectivity index (χ0n) is 9.09. The highest BCUT2D eigenvalue weighted by Crippen LogP contribution is 2.18. The summed E-state index contributed by atoms with van der Waals surface area (Å²) >= 11 is 3.32. The van der Waals surface area contributed by atoms with Gasteiger partial charge in [0.2, 0.25) is 5.91 Å². The van der Waals surface area contributed by atoms with E-state index >= 15 is 0 Å². The number of aryl methyl sites for hydroxylation is 1. The van der Waals surface area contributed by atoms with Crippen LogP contribution in [-0.4, -0.2) is 23.5 Å². The van der Waals surface area contributed by atoms with Gasteiger partial charge in [0.25, 0.3) is 0 Å². The van der Waals surface area contributed by atoms with Crippen LogP contribution in [0.15, 0.2) is 16.9 Å². The second-order valence-corrected chi connectivity index (χ2v) is 4.79. The number of carbonyl (C=O) groups excluding carboxylic acids is 1. The van der Waals surface area contributed by atoms with Gasteiger partial charge >= 0.3 is 0 Å². The number of nitrogens with one attached hydrogen (secondary N) is 2. The van der Waals surface area contributed by atoms with E-state index in [9.17, 15) is 4.79 Å². The normalized spacial score (nSPS) is 14.9. The number of hydrogen-bond acceptors (Lipinski definition) is 3. The molecule has 86 valence electrons. The molecule has 1 aliphatic carbocycles. The molecule has 0 aromatic carbocycles. The number of halogens is 1. The first-order valence-electron chi connectivity index (χ1n) is 5.30. The fraction of sp³-hybridized carbons (Fsp3) is 0.455. The summed E-state index contributed by atoms with van der Waals surface area (Å²) in [6.45, 7) is 2.31. The van der Waals surface area contributed by atoms with Crippen LogP contribution in [0.5, 0.6) is 0 Å². The summed E-state index contributed by atoms with van der Waals surface area (Å²) < 4.78 is 0.807. The predicted molar refractivity (Wildman–Crippen MR) is 66.3 cm³/mol. The first-order chi connectivity index (χ1) is 7.65. The monoisotopic (exact) mass is 283 g/mol. The van der Waals surface area contributed by atoms with Crippen LogP contribution in [0.2, 0.25) is 0 Å². The van der Waals surface area contributed by atoms with Crippen molar-refractivity contribution in [1.29, 1.82) is 0 Å². The van der Waals surface area contributed by atoms with Crippen molar-refractivity contribution < 1.29 is 4.79 Å². The molecule has 0 unspecified atom stereocenters. The fourth-order valence-electron chi connectivity index (χ4n) is 1.36. The van der Waals surface area contributed by atoms with Crippen LogP contribution in [0.1, 0.15) is 18.4 Å². The van der Waals surface area contributed by atoms with Crippen molar-refractivity contribution in [2.75, 3.05) is 11.9 Å². The van der Waals surface area contributed by atoms with Gasteiger partial charge in [-0.25, -0.2) is 4.98 Å². The second kappa shape index (κ2) is 4.93. The molecule has 0 radical (unpaired) electrons. The van der Waals surface area contributed by atoms with Crippen LogP contribution in [0.3, 0.4) is 0 Å². The summed E-state index contributed by atoms with van der Waals surface area (Å²) in [6.07, 6.45) is 4.02. The zero-order chi connectivity index (χ0) is 11.5. The quantitative estimate of drug-likeness (QED) is 0.830. The van der Waals surface area contributed by atoms with Crippen molar-refractivity contribution in [3.8, 4) is 0 Å². The lowest BCUT2D eigenvalue weighted by Gasteiger charge is -2.06. The van der Waals surface area contributed by atoms with E-state index in [1.165, 1.54) is 12.8 Å². The number of anilines is 1. The van der Waals surface area contributed by atoms with Gasteiger partial charge in [-0.2, -0.15) is 0 Å². The van der Waals surface area contributed by atoms with Crippen LogP contribution < -0.4 is 10.6 Å². The summed E-state index contributed by atoms with van der Waals surface area (Å²) in [7, 11) is 0. The van der Waals surface area contributed by atoms with Crippen LogP contribution in [0.4, 0.5) is 5.69 Å². The van der Waals surface area contributed by atoms with Gasteiger partial charge in [-0.1, -0.05) is 0 Å². The molecule has 1 aromatic heterocycles. The lowest BCUT2D eigenvalue weighted by atomic mass is 10.3. The maximum atomic E-state index is 11.5. The SMILES string of the molecule is Cc1cc(NC(=O)CNC2CC2)cnc1Br. The van der Waals surface area contributed by atoms with Crippen LogP contribution in [-0.2, 0) is 4.79 Å². The number of amides is 1. The van der Waals surface area contributed by atoms with Crippen molar-refractivity contribution >= 4 is 27.5 Å². The maximum Gasteiger partial charge on any atom is 0.238 e. The summed E-state index contributed by atoms with van der Waals surface area (Å²) in [5, 5.41) is 5.97. The van der Waals surface area contributed by atoms with Crippen molar-refractivity contribution in [3.05, 3.63) is 22.4 Å². The molecule has 0 spiro atoms. The molecule has 2 rings (SSSR count). The number of carbonyl (C=O) groups is 1. The minimum absolute atomic E-state index is 0.0181. The number of rotatable bonds is 4. The van der Waals surface area contributed by atoms with E-state index in [1.807, 2.05) is 13.0 Å². The first kappa shape index (κ1) is 11.5. The third-order valence-corrected chi connectivity index (χ3v) is 3.26. The first-order valence-corrected chi connectivity index (χ1v) is 6.10. The molecule has 0 saturated heterocycles. The number of hydrogen-bond donors (Lipinski definition) is 2. The van der Waals surface area contributed by atoms with Gasteiger partial charge in [0.1, 0.15) is 4.60 Å². The Morgan fingerprint density at radius 3 is 3.00 bits per heavy atom. The summed E-state index contributed by atoms with van der Waals surface area (Å²) in [6, 6.07) is 2.45. The second-order valence-electron chi connectivity index (χ2n) is 4.04. The summed E-state index contributed by atoms with van der Waals surface area (Å²) in [5.74, 6) is -0.0181. The van der Waals surface area contributed by atoms with Gasteiger partial charge in [0.05, 0.1) is 18.4 Å². The molecular formula is C11H14BrN3O. The number of aromatic nitrogens is 1. The highest BCUT2D eigenvalue weighted by molar-refractivity contribution is 9.10. The minimum atomic E-state index is -0.0181. The van der Waals surface area contributed by atoms with Gasteiger partial charge in [-0.15, -0.1) is 0 Å². The molecule has 1 fully saturated rings. The predicted octanol–water partition coefficient (Wildman–Crippen LogP) is 1.84. The fourth-order valence-corrected chi connectivity index (χ4v) is 1.57. The van der Waals surface area contributed by atoms with Crippen molar-refractivity contribution in [1.82, 2.24) is 10.3 Å². The number of pyridine rings is 1. The average molecular weight is 284 g/mol. The smallest absolute Gasteiger partial charge is 0.238 e. The van der Waals surface area contributed by atoms with Crippen LogP contribution in [0.25, 0.3) is 0 Å². The Balaban J connectivity index is 1.86. The molecule has 1 saturated carbocycles. The molecule has 2 N–H and O–H groups in total. The van der Waals surface area contributed by atoms with Gasteiger partial charge < -0.3 is 10.6 Å². The Hall–Kier alpha value is -0.940. The topological polar surface area (TPSA) is 54.0 Å². The summed E-state index contributed by atoms with van der Waals surface area (Å²) in [5.41, 5.74) is 1.75. The number of nitrogens with zero attached hydrogens (tertiary/aromatic N) is 1. The largest absolute Gasteiger partial charge is 0.324 e. The van der Waals surface area contributed by atoms with Gasteiger partial charge in [0, 0.05) is 6.04 Å². The van der Waals surface area contributed by atoms with E-state index in [-0.39, 0.29) is 5.91 Å². The Morgan fingerprint density at radius 2 is 2.38 bits per heavy atom. The zero-order valence-corrected chi connectivity index (χ0v) is 10.7. The minimum Gasteiger partial charge on any atom is -0.324 e. The lowest BCUT2D eigenvalue weighted by Crippen LogP contribution is -2.29. The van der Waals surface area contributed by atoms with Gasteiger partial charge in [0.15, 0.2) is 0 Å². The van der Waals surface area contributed by atoms with E-state index in [1.54, 1.807) is 6.20 Å². The third-order valence-electron chi connectivity index (χ3n) is 2.43. The van der Waals surface area contributed by atoms with Crippen LogP contribution >= 0.6 is 15.9 Å². The molecule has 1 heterocycles. The molecule has 1 aliphatic rings. The van der Waals surface area contributed by atoms with Gasteiger partial charge in [-0.05, 0) is 47.3 Å². The Kier molecular flexibility index (Phi) is 3.56. The highest BCUT2D eigenvalue weighted by Gasteiger charge is 2.21. The molecule has 0 bridgehead atoms. The summed E-state index contributed by atoms with van der Waals surface area (Å²) in [4.78, 5) is 15.6. The molecule has 0 aliphatic heterocycles. The molecular weight excluding hydrogens is 270 g/mol. The average Bonchev–Trinajstić information content (AvgIpc) is 3.04. The van der Waals surface area contributed by atoms with E-state index in [0.29, 0.717) is 12.6 Å². The van der Waals surface area contributed by atoms with E-state index in [2.05, 4.69) is 31.5 Å². The van der Waals surface area contributed by atoms with Crippen molar-refractivity contribution in [3.63, 3.8) is 0 Å². The maximum absolute atomic E-state index is 11.5. The molecule has 5 heteroatoms. The lowest BCUT2D eigenvalue weighted by molar-refractivity contribution is -0.115. The molecule has 4 nitrogen and oxygen atoms in total. The van der Waals surface area contributed by atoms with Crippen molar-refractivity contribution in [2.24, 2.45) is 0 Å². The molecule has 16 heavy (non-hydrogen) atoms. The third kappa shape index (κ3) is 3.28. The van der Waals surface area contributed by atoms with Gasteiger partial charge in [-0.3, -0.25) is 4.79 Å². The highest BCUT2D eigenvalue weighted by atomic mass is 79.9. The Bertz CT molecular complexity index is 404. The van der Waals surface area contributed by atoms with Crippen molar-refractivity contribution in [2.45, 2.75) is 25.8 Å². The van der Waals surface area contributed by atoms with E-state index < -0.39 is 0 Å². The molecule has 0 atom stereocenters.